The monoisotopic (exact) mass is 532 g/mol. The lowest BCUT2D eigenvalue weighted by Crippen LogP contribution is -2.36. The first-order chi connectivity index (χ1) is 13.0. The van der Waals surface area contributed by atoms with Gasteiger partial charge in [-0.1, -0.05) is 11.6 Å². The van der Waals surface area contributed by atoms with Crippen molar-refractivity contribution < 1.29 is 32.3 Å². The van der Waals surface area contributed by atoms with Gasteiger partial charge in [0.2, 0.25) is 0 Å². The smallest absolute Gasteiger partial charge is 0.381 e. The van der Waals surface area contributed by atoms with Crippen LogP contribution in [-0.4, -0.2) is 29.9 Å². The molecule has 0 bridgehead atoms. The summed E-state index contributed by atoms with van der Waals surface area (Å²) in [6.07, 6.45) is -7.66. The molecule has 2 aromatic carbocycles. The highest BCUT2D eigenvalue weighted by Gasteiger charge is 2.38. The Kier molecular flexibility index (Phi) is 7.48. The Balaban J connectivity index is 2.21. The number of amides is 1. The van der Waals surface area contributed by atoms with E-state index in [9.17, 15) is 22.4 Å². The normalized spacial score (nSPS) is 12.6. The number of hydrogen-bond acceptors (Lipinski definition) is 4. The lowest BCUT2D eigenvalue weighted by molar-refractivity contribution is -0.221. The molecular formula is C17H14ClF4IN2O3. The lowest BCUT2D eigenvalue weighted by Gasteiger charge is -2.16. The van der Waals surface area contributed by atoms with Crippen LogP contribution in [0.3, 0.4) is 0 Å². The van der Waals surface area contributed by atoms with Gasteiger partial charge in [-0.3, -0.25) is 9.63 Å². The number of aliphatic hydroxyl groups excluding tert-OH is 1. The van der Waals surface area contributed by atoms with Gasteiger partial charge in [0, 0.05) is 9.26 Å². The van der Waals surface area contributed by atoms with Gasteiger partial charge in [0.1, 0.15) is 12.4 Å². The molecule has 11 heteroatoms. The Morgan fingerprint density at radius 2 is 1.96 bits per heavy atom. The van der Waals surface area contributed by atoms with Gasteiger partial charge < -0.3 is 10.4 Å². The molecule has 0 aromatic heterocycles. The second kappa shape index (κ2) is 9.25. The fourth-order valence-corrected chi connectivity index (χ4v) is 2.90. The molecule has 1 atom stereocenters. The molecule has 0 aliphatic rings. The number of anilines is 2. The summed E-state index contributed by atoms with van der Waals surface area (Å²) in [7, 11) is 0. The number of carbonyl (C=O) groups excluding carboxylic acids is 1. The Morgan fingerprint density at radius 1 is 1.29 bits per heavy atom. The first-order valence-corrected chi connectivity index (χ1v) is 9.14. The molecule has 0 fully saturated rings. The van der Waals surface area contributed by atoms with E-state index in [-0.39, 0.29) is 16.3 Å². The van der Waals surface area contributed by atoms with Gasteiger partial charge in [-0.25, -0.2) is 9.87 Å². The maximum atomic E-state index is 13.9. The van der Waals surface area contributed by atoms with E-state index < -0.39 is 30.6 Å². The van der Waals surface area contributed by atoms with Crippen molar-refractivity contribution in [2.75, 3.05) is 11.9 Å². The van der Waals surface area contributed by atoms with Gasteiger partial charge in [-0.15, -0.1) is 0 Å². The standard InChI is InChI=1S/C17H14ClF4IN2O3/c1-8-4-9(23)2-3-13(8)24-14-6-12(19)11(18)5-10(14)16(27)25-28-7-15(26)17(20,21)22/h2-6,15,24,26H,7H2,1H3,(H,25,27). The molecule has 0 aliphatic heterocycles. The molecule has 5 nitrogen and oxygen atoms in total. The van der Waals surface area contributed by atoms with Crippen molar-refractivity contribution in [3.05, 3.63) is 55.9 Å². The van der Waals surface area contributed by atoms with Gasteiger partial charge in [0.05, 0.1) is 16.3 Å². The molecule has 0 saturated carbocycles. The minimum absolute atomic E-state index is 0.0312. The van der Waals surface area contributed by atoms with Gasteiger partial charge in [-0.2, -0.15) is 13.2 Å². The van der Waals surface area contributed by atoms with E-state index in [0.717, 1.165) is 21.3 Å². The van der Waals surface area contributed by atoms with E-state index in [1.54, 1.807) is 24.5 Å². The third-order valence-electron chi connectivity index (χ3n) is 3.55. The molecule has 0 aliphatic carbocycles. The summed E-state index contributed by atoms with van der Waals surface area (Å²) >= 11 is 7.84. The molecular weight excluding hydrogens is 519 g/mol. The number of aliphatic hydroxyl groups is 1. The number of rotatable bonds is 6. The molecule has 152 valence electrons. The van der Waals surface area contributed by atoms with Crippen molar-refractivity contribution in [3.63, 3.8) is 0 Å². The van der Waals surface area contributed by atoms with Crippen molar-refractivity contribution in [1.82, 2.24) is 5.48 Å². The third kappa shape index (κ3) is 5.93. The quantitative estimate of drug-likeness (QED) is 0.286. The summed E-state index contributed by atoms with van der Waals surface area (Å²) in [6.45, 7) is 0.599. The number of hydroxylamine groups is 1. The van der Waals surface area contributed by atoms with Crippen LogP contribution >= 0.6 is 34.2 Å². The summed E-state index contributed by atoms with van der Waals surface area (Å²) in [6, 6.07) is 7.38. The van der Waals surface area contributed by atoms with Gasteiger partial charge >= 0.3 is 6.18 Å². The first kappa shape index (κ1) is 22.7. The van der Waals surface area contributed by atoms with Crippen LogP contribution in [0.4, 0.5) is 28.9 Å². The molecule has 3 N–H and O–H groups in total. The largest absolute Gasteiger partial charge is 0.416 e. The molecule has 0 spiro atoms. The Hall–Kier alpha value is -1.63. The van der Waals surface area contributed by atoms with Crippen LogP contribution in [0.25, 0.3) is 0 Å². The predicted octanol–water partition coefficient (Wildman–Crippen LogP) is 4.72. The molecule has 0 saturated heterocycles. The average molecular weight is 533 g/mol. The highest BCUT2D eigenvalue weighted by molar-refractivity contribution is 14.1. The van der Waals surface area contributed by atoms with Gasteiger partial charge in [0.25, 0.3) is 5.91 Å². The highest BCUT2D eigenvalue weighted by Crippen LogP contribution is 2.29. The number of benzene rings is 2. The minimum atomic E-state index is -4.89. The molecule has 1 amide bonds. The minimum Gasteiger partial charge on any atom is -0.381 e. The first-order valence-electron chi connectivity index (χ1n) is 7.68. The van der Waals surface area contributed by atoms with Crippen LogP contribution < -0.4 is 10.8 Å². The summed E-state index contributed by atoms with van der Waals surface area (Å²) in [5.41, 5.74) is 3.05. The van der Waals surface area contributed by atoms with E-state index in [4.69, 9.17) is 16.7 Å². The number of aryl methyl sites for hydroxylation is 1. The van der Waals surface area contributed by atoms with E-state index >= 15 is 0 Å². The fraction of sp³-hybridized carbons (Fsp3) is 0.235. The number of alkyl halides is 3. The zero-order valence-electron chi connectivity index (χ0n) is 14.2. The van der Waals surface area contributed by atoms with Crippen LogP contribution in [0.1, 0.15) is 15.9 Å². The van der Waals surface area contributed by atoms with E-state index in [1.165, 1.54) is 0 Å². The maximum absolute atomic E-state index is 13.9. The summed E-state index contributed by atoms with van der Waals surface area (Å²) in [5, 5.41) is 11.4. The van der Waals surface area contributed by atoms with Crippen molar-refractivity contribution in [3.8, 4) is 0 Å². The highest BCUT2D eigenvalue weighted by atomic mass is 127. The predicted molar refractivity (Wildman–Crippen MR) is 104 cm³/mol. The summed E-state index contributed by atoms with van der Waals surface area (Å²) < 4.78 is 51.6. The van der Waals surface area contributed by atoms with Crippen LogP contribution in [0.2, 0.25) is 5.02 Å². The lowest BCUT2D eigenvalue weighted by atomic mass is 10.1. The van der Waals surface area contributed by atoms with Crippen LogP contribution in [0.5, 0.6) is 0 Å². The molecule has 1 unspecified atom stereocenters. The van der Waals surface area contributed by atoms with Crippen LogP contribution in [0, 0.1) is 16.3 Å². The SMILES string of the molecule is Cc1cc(I)ccc1Nc1cc(F)c(Cl)cc1C(=O)NOCC(O)C(F)(F)F. The third-order valence-corrected chi connectivity index (χ3v) is 4.51. The summed E-state index contributed by atoms with van der Waals surface area (Å²) in [5.74, 6) is -1.76. The van der Waals surface area contributed by atoms with Crippen molar-refractivity contribution in [1.29, 1.82) is 0 Å². The van der Waals surface area contributed by atoms with Crippen molar-refractivity contribution >= 4 is 51.5 Å². The average Bonchev–Trinajstić information content (AvgIpc) is 2.59. The number of nitrogens with one attached hydrogen (secondary N) is 2. The van der Waals surface area contributed by atoms with E-state index in [2.05, 4.69) is 32.7 Å². The van der Waals surface area contributed by atoms with Gasteiger partial charge in [0.15, 0.2) is 6.10 Å². The van der Waals surface area contributed by atoms with Crippen LogP contribution in [-0.2, 0) is 4.84 Å². The zero-order valence-corrected chi connectivity index (χ0v) is 17.1. The van der Waals surface area contributed by atoms with Crippen LogP contribution in [0.15, 0.2) is 30.3 Å². The van der Waals surface area contributed by atoms with E-state index in [0.29, 0.717) is 5.69 Å². The number of hydrogen-bond donors (Lipinski definition) is 3. The number of halogens is 6. The Morgan fingerprint density at radius 3 is 2.57 bits per heavy atom. The molecule has 2 aromatic rings. The topological polar surface area (TPSA) is 70.6 Å². The zero-order chi connectivity index (χ0) is 21.1. The molecule has 28 heavy (non-hydrogen) atoms. The second-order valence-electron chi connectivity index (χ2n) is 5.70. The number of carbonyl (C=O) groups is 1. The van der Waals surface area contributed by atoms with Crippen molar-refractivity contribution in [2.24, 2.45) is 0 Å². The Labute approximate surface area is 176 Å². The Bertz CT molecular complexity index is 880. The van der Waals surface area contributed by atoms with E-state index in [1.807, 2.05) is 6.07 Å². The fourth-order valence-electron chi connectivity index (χ4n) is 2.09. The molecule has 2 rings (SSSR count). The molecule has 0 heterocycles. The molecule has 0 radical (unpaired) electrons. The second-order valence-corrected chi connectivity index (χ2v) is 7.35. The van der Waals surface area contributed by atoms with Gasteiger partial charge in [-0.05, 0) is 65.4 Å². The van der Waals surface area contributed by atoms with Crippen molar-refractivity contribution in [2.45, 2.75) is 19.2 Å². The summed E-state index contributed by atoms with van der Waals surface area (Å²) in [4.78, 5) is 16.7. The maximum Gasteiger partial charge on any atom is 0.416 e.